The van der Waals surface area contributed by atoms with Gasteiger partial charge >= 0.3 is 5.97 Å². The number of benzene rings is 1. The van der Waals surface area contributed by atoms with Gasteiger partial charge in [-0.05, 0) is 17.5 Å². The Labute approximate surface area is 107 Å². The second kappa shape index (κ2) is 4.80. The molecule has 2 rings (SSSR count). The van der Waals surface area contributed by atoms with Crippen molar-refractivity contribution in [3.63, 3.8) is 0 Å². The molecule has 1 aromatic rings. The van der Waals surface area contributed by atoms with Crippen molar-refractivity contribution in [2.24, 2.45) is 5.92 Å². The highest BCUT2D eigenvalue weighted by Gasteiger charge is 2.38. The number of ether oxygens (including phenoxy) is 1. The smallest absolute Gasteiger partial charge is 0.328 e. The largest absolute Gasteiger partial charge is 0.467 e. The number of carbonyl (C=O) groups excluding carboxylic acids is 2. The summed E-state index contributed by atoms with van der Waals surface area (Å²) in [6.07, 6.45) is 0. The lowest BCUT2D eigenvalue weighted by Crippen LogP contribution is -2.45. The van der Waals surface area contributed by atoms with E-state index in [0.717, 1.165) is 5.56 Å². The average Bonchev–Trinajstić information content (AvgIpc) is 2.67. The normalized spacial score (nSPS) is 15.8. The highest BCUT2D eigenvalue weighted by molar-refractivity contribution is 6.00. The van der Waals surface area contributed by atoms with E-state index in [9.17, 15) is 9.59 Å². The molecular weight excluding hydrogens is 230 g/mol. The minimum absolute atomic E-state index is 0.0238. The molecule has 1 aromatic carbocycles. The lowest BCUT2D eigenvalue weighted by molar-refractivity contribution is -0.147. The van der Waals surface area contributed by atoms with Crippen molar-refractivity contribution in [1.82, 2.24) is 4.90 Å². The maximum atomic E-state index is 12.3. The Balaban J connectivity index is 2.31. The Kier molecular flexibility index (Phi) is 3.36. The molecule has 4 heteroatoms. The molecule has 0 bridgehead atoms. The summed E-state index contributed by atoms with van der Waals surface area (Å²) >= 11 is 0. The summed E-state index contributed by atoms with van der Waals surface area (Å²) in [5, 5.41) is 0. The maximum absolute atomic E-state index is 12.3. The Morgan fingerprint density at radius 2 is 2.00 bits per heavy atom. The first-order valence-electron chi connectivity index (χ1n) is 6.03. The molecule has 0 radical (unpaired) electrons. The third kappa shape index (κ3) is 1.98. The molecule has 0 aromatic heterocycles. The summed E-state index contributed by atoms with van der Waals surface area (Å²) in [7, 11) is 1.35. The first-order valence-corrected chi connectivity index (χ1v) is 6.03. The van der Waals surface area contributed by atoms with E-state index in [0.29, 0.717) is 12.1 Å². The number of rotatable bonds is 3. The van der Waals surface area contributed by atoms with Gasteiger partial charge in [0.05, 0.1) is 7.11 Å². The van der Waals surface area contributed by atoms with Crippen molar-refractivity contribution in [2.45, 2.75) is 26.4 Å². The molecule has 4 nitrogen and oxygen atoms in total. The van der Waals surface area contributed by atoms with Crippen molar-refractivity contribution >= 4 is 11.9 Å². The fourth-order valence-corrected chi connectivity index (χ4v) is 2.38. The fraction of sp³-hybridized carbons (Fsp3) is 0.429. The van der Waals surface area contributed by atoms with Crippen LogP contribution < -0.4 is 0 Å². The van der Waals surface area contributed by atoms with Crippen LogP contribution in [-0.4, -0.2) is 29.9 Å². The van der Waals surface area contributed by atoms with Crippen LogP contribution in [0, 0.1) is 5.92 Å². The number of carbonyl (C=O) groups is 2. The van der Waals surface area contributed by atoms with Crippen LogP contribution in [0.25, 0.3) is 0 Å². The van der Waals surface area contributed by atoms with E-state index < -0.39 is 6.04 Å². The molecule has 0 saturated carbocycles. The molecule has 0 saturated heterocycles. The molecule has 18 heavy (non-hydrogen) atoms. The zero-order chi connectivity index (χ0) is 13.3. The number of methoxy groups -OCH3 is 1. The number of fused-ring (bicyclic) bond motifs is 1. The Hall–Kier alpha value is -1.84. The van der Waals surface area contributed by atoms with Crippen LogP contribution in [0.5, 0.6) is 0 Å². The van der Waals surface area contributed by atoms with Crippen molar-refractivity contribution in [1.29, 1.82) is 0 Å². The average molecular weight is 247 g/mol. The van der Waals surface area contributed by atoms with Crippen LogP contribution in [0.3, 0.4) is 0 Å². The van der Waals surface area contributed by atoms with Gasteiger partial charge in [-0.2, -0.15) is 0 Å². The van der Waals surface area contributed by atoms with E-state index >= 15 is 0 Å². The molecule has 96 valence electrons. The minimum Gasteiger partial charge on any atom is -0.467 e. The van der Waals surface area contributed by atoms with Crippen LogP contribution in [-0.2, 0) is 16.1 Å². The third-order valence-electron chi connectivity index (χ3n) is 3.26. The Morgan fingerprint density at radius 3 is 2.56 bits per heavy atom. The van der Waals surface area contributed by atoms with Gasteiger partial charge in [0.1, 0.15) is 6.04 Å². The standard InChI is InChI=1S/C14H17NO3/c1-9(2)12(14(17)18-3)15-8-10-6-4-5-7-11(10)13(15)16/h4-7,9,12H,8H2,1-3H3. The summed E-state index contributed by atoms with van der Waals surface area (Å²) in [6, 6.07) is 6.93. The van der Waals surface area contributed by atoms with Crippen LogP contribution in [0.2, 0.25) is 0 Å². The molecular formula is C14H17NO3. The molecule has 0 fully saturated rings. The number of nitrogens with zero attached hydrogens (tertiary/aromatic N) is 1. The van der Waals surface area contributed by atoms with E-state index in [4.69, 9.17) is 4.74 Å². The van der Waals surface area contributed by atoms with Gasteiger partial charge in [0.25, 0.3) is 5.91 Å². The Morgan fingerprint density at radius 1 is 1.33 bits per heavy atom. The highest BCUT2D eigenvalue weighted by Crippen LogP contribution is 2.27. The summed E-state index contributed by atoms with van der Waals surface area (Å²) in [5.74, 6) is -0.420. The van der Waals surface area contributed by atoms with Crippen LogP contribution in [0.1, 0.15) is 29.8 Å². The zero-order valence-corrected chi connectivity index (χ0v) is 10.8. The molecule has 1 amide bonds. The van der Waals surface area contributed by atoms with E-state index in [-0.39, 0.29) is 17.8 Å². The van der Waals surface area contributed by atoms with Gasteiger partial charge in [0.15, 0.2) is 0 Å². The zero-order valence-electron chi connectivity index (χ0n) is 10.8. The lowest BCUT2D eigenvalue weighted by atomic mass is 10.0. The minimum atomic E-state index is -0.519. The predicted octanol–water partition coefficient (Wildman–Crippen LogP) is 1.84. The first-order chi connectivity index (χ1) is 8.56. The molecule has 1 unspecified atom stereocenters. The fourth-order valence-electron chi connectivity index (χ4n) is 2.38. The van der Waals surface area contributed by atoms with Gasteiger partial charge in [0.2, 0.25) is 0 Å². The number of esters is 1. The molecule has 1 atom stereocenters. The molecule has 0 aliphatic carbocycles. The van der Waals surface area contributed by atoms with Gasteiger partial charge in [-0.25, -0.2) is 4.79 Å². The quantitative estimate of drug-likeness (QED) is 0.766. The Bertz CT molecular complexity index is 482. The molecule has 0 N–H and O–H groups in total. The monoisotopic (exact) mass is 247 g/mol. The van der Waals surface area contributed by atoms with Crippen LogP contribution >= 0.6 is 0 Å². The van der Waals surface area contributed by atoms with Crippen LogP contribution in [0.4, 0.5) is 0 Å². The topological polar surface area (TPSA) is 46.6 Å². The van der Waals surface area contributed by atoms with Gasteiger partial charge in [-0.3, -0.25) is 4.79 Å². The molecule has 1 aliphatic heterocycles. The number of amides is 1. The lowest BCUT2D eigenvalue weighted by Gasteiger charge is -2.28. The summed E-state index contributed by atoms with van der Waals surface area (Å²) < 4.78 is 4.80. The van der Waals surface area contributed by atoms with Gasteiger partial charge in [-0.15, -0.1) is 0 Å². The van der Waals surface area contributed by atoms with Gasteiger partial charge in [-0.1, -0.05) is 32.0 Å². The summed E-state index contributed by atoms with van der Waals surface area (Å²) in [6.45, 7) is 4.31. The van der Waals surface area contributed by atoms with E-state index in [2.05, 4.69) is 0 Å². The van der Waals surface area contributed by atoms with Crippen molar-refractivity contribution < 1.29 is 14.3 Å². The maximum Gasteiger partial charge on any atom is 0.328 e. The third-order valence-corrected chi connectivity index (χ3v) is 3.26. The van der Waals surface area contributed by atoms with Crippen molar-refractivity contribution in [3.05, 3.63) is 35.4 Å². The number of hydrogen-bond acceptors (Lipinski definition) is 3. The van der Waals surface area contributed by atoms with Crippen molar-refractivity contribution in [3.8, 4) is 0 Å². The predicted molar refractivity (Wildman–Crippen MR) is 67.0 cm³/mol. The van der Waals surface area contributed by atoms with Crippen molar-refractivity contribution in [2.75, 3.05) is 7.11 Å². The van der Waals surface area contributed by atoms with E-state index in [1.165, 1.54) is 7.11 Å². The molecule has 0 spiro atoms. The highest BCUT2D eigenvalue weighted by atomic mass is 16.5. The van der Waals surface area contributed by atoms with E-state index in [1.807, 2.05) is 32.0 Å². The van der Waals surface area contributed by atoms with E-state index in [1.54, 1.807) is 11.0 Å². The molecule has 1 heterocycles. The second-order valence-corrected chi connectivity index (χ2v) is 4.80. The summed E-state index contributed by atoms with van der Waals surface area (Å²) in [4.78, 5) is 25.7. The second-order valence-electron chi connectivity index (χ2n) is 4.80. The first kappa shape index (κ1) is 12.6. The van der Waals surface area contributed by atoms with Crippen LogP contribution in [0.15, 0.2) is 24.3 Å². The van der Waals surface area contributed by atoms with Gasteiger partial charge in [0, 0.05) is 12.1 Å². The SMILES string of the molecule is COC(=O)C(C(C)C)N1Cc2ccccc2C1=O. The van der Waals surface area contributed by atoms with Gasteiger partial charge < -0.3 is 9.64 Å². The number of hydrogen-bond donors (Lipinski definition) is 0. The molecule has 1 aliphatic rings. The summed E-state index contributed by atoms with van der Waals surface area (Å²) in [5.41, 5.74) is 1.66.